The smallest absolute Gasteiger partial charge is 0.321 e. The van der Waals surface area contributed by atoms with Crippen LogP contribution in [0.25, 0.3) is 0 Å². The number of likely N-dealkylation sites (tertiary alicyclic amines) is 1. The third-order valence-electron chi connectivity index (χ3n) is 4.16. The highest BCUT2D eigenvalue weighted by molar-refractivity contribution is 9.10. The van der Waals surface area contributed by atoms with Gasteiger partial charge in [0.25, 0.3) is 5.56 Å². The van der Waals surface area contributed by atoms with Gasteiger partial charge in [-0.05, 0) is 24.3 Å². The summed E-state index contributed by atoms with van der Waals surface area (Å²) >= 11 is 9.56. The van der Waals surface area contributed by atoms with Crippen LogP contribution in [0.5, 0.6) is 5.75 Å². The third-order valence-corrected chi connectivity index (χ3v) is 4.97. The highest BCUT2D eigenvalue weighted by atomic mass is 79.9. The van der Waals surface area contributed by atoms with Crippen LogP contribution >= 0.6 is 27.5 Å². The van der Waals surface area contributed by atoms with Crippen molar-refractivity contribution in [1.82, 2.24) is 14.7 Å². The fourth-order valence-corrected chi connectivity index (χ4v) is 3.22. The molecule has 3 rings (SSSR count). The summed E-state index contributed by atoms with van der Waals surface area (Å²) in [5, 5.41) is 7.04. The number of rotatable bonds is 3. The molecule has 1 aliphatic heterocycles. The summed E-state index contributed by atoms with van der Waals surface area (Å²) in [5.41, 5.74) is -0.129. The van der Waals surface area contributed by atoms with E-state index in [-0.39, 0.29) is 23.4 Å². The Morgan fingerprint density at radius 3 is 2.81 bits per heavy atom. The molecule has 0 aliphatic carbocycles. The van der Waals surface area contributed by atoms with Crippen molar-refractivity contribution in [3.8, 4) is 5.75 Å². The van der Waals surface area contributed by atoms with Crippen LogP contribution in [0.1, 0.15) is 12.8 Å². The van der Waals surface area contributed by atoms with E-state index in [0.717, 1.165) is 4.47 Å². The predicted molar refractivity (Wildman–Crippen MR) is 103 cm³/mol. The first-order valence-electron chi connectivity index (χ1n) is 8.14. The van der Waals surface area contributed by atoms with Crippen LogP contribution < -0.4 is 15.6 Å². The summed E-state index contributed by atoms with van der Waals surface area (Å²) in [7, 11) is 1.54. The van der Waals surface area contributed by atoms with Crippen LogP contribution in [0.3, 0.4) is 0 Å². The van der Waals surface area contributed by atoms with Gasteiger partial charge in [0.1, 0.15) is 17.5 Å². The summed E-state index contributed by atoms with van der Waals surface area (Å²) < 4.78 is 8.04. The van der Waals surface area contributed by atoms with E-state index in [1.54, 1.807) is 11.0 Å². The number of aryl methyl sites for hydroxylation is 1. The number of piperidine rings is 1. The number of ether oxygens (including phenoxy) is 1. The molecule has 2 aromatic rings. The van der Waals surface area contributed by atoms with Crippen LogP contribution in [0.15, 0.2) is 39.7 Å². The molecule has 0 atom stereocenters. The minimum atomic E-state index is -0.344. The molecule has 0 spiro atoms. The second-order valence-corrected chi connectivity index (χ2v) is 7.31. The van der Waals surface area contributed by atoms with Crippen molar-refractivity contribution in [3.63, 3.8) is 0 Å². The average molecular weight is 442 g/mol. The minimum absolute atomic E-state index is 0.0142. The van der Waals surface area contributed by atoms with Crippen molar-refractivity contribution in [2.75, 3.05) is 18.4 Å². The summed E-state index contributed by atoms with van der Waals surface area (Å²) in [6.07, 6.45) is 2.83. The molecular formula is C17H18BrClN4O3. The van der Waals surface area contributed by atoms with Crippen LogP contribution in [-0.4, -0.2) is 39.9 Å². The van der Waals surface area contributed by atoms with E-state index >= 15 is 0 Å². The Balaban J connectivity index is 1.56. The summed E-state index contributed by atoms with van der Waals surface area (Å²) in [5.74, 6) is 0.629. The van der Waals surface area contributed by atoms with Gasteiger partial charge in [0.05, 0.1) is 5.02 Å². The first kappa shape index (κ1) is 18.7. The molecule has 26 heavy (non-hydrogen) atoms. The summed E-state index contributed by atoms with van der Waals surface area (Å²) in [6, 6.07) is 6.66. The second-order valence-electron chi connectivity index (χ2n) is 5.98. The molecule has 0 bridgehead atoms. The maximum absolute atomic E-state index is 12.4. The normalized spacial score (nSPS) is 15.0. The van der Waals surface area contributed by atoms with Gasteiger partial charge in [-0.2, -0.15) is 5.10 Å². The number of hydrogen-bond donors (Lipinski definition) is 1. The molecule has 0 saturated carbocycles. The predicted octanol–water partition coefficient (Wildman–Crippen LogP) is 3.27. The SMILES string of the molecule is Cn1nccc(NC(=O)N2CCC(Oc3cc(Br)ccc3Cl)CC2)c1=O. The van der Waals surface area contributed by atoms with E-state index < -0.39 is 0 Å². The molecule has 2 heterocycles. The van der Waals surface area contributed by atoms with Crippen molar-refractivity contribution < 1.29 is 9.53 Å². The van der Waals surface area contributed by atoms with Gasteiger partial charge in [-0.15, -0.1) is 0 Å². The maximum atomic E-state index is 12.4. The molecule has 1 aromatic heterocycles. The molecule has 0 unspecified atom stereocenters. The standard InChI is InChI=1S/C17H18BrClN4O3/c1-22-16(24)14(4-7-20-22)21-17(25)23-8-5-12(6-9-23)26-15-10-11(18)2-3-13(15)19/h2-4,7,10,12H,5-6,8-9H2,1H3,(H,21,25). The van der Waals surface area contributed by atoms with Gasteiger partial charge < -0.3 is 15.0 Å². The fraction of sp³-hybridized carbons (Fsp3) is 0.353. The first-order chi connectivity index (χ1) is 12.4. The van der Waals surface area contributed by atoms with E-state index in [0.29, 0.717) is 36.7 Å². The fourth-order valence-electron chi connectivity index (χ4n) is 2.72. The average Bonchev–Trinajstić information content (AvgIpc) is 2.62. The molecule has 1 fully saturated rings. The Kier molecular flexibility index (Phi) is 5.83. The van der Waals surface area contributed by atoms with Crippen molar-refractivity contribution >= 4 is 39.2 Å². The molecule has 138 valence electrons. The van der Waals surface area contributed by atoms with E-state index in [9.17, 15) is 9.59 Å². The summed E-state index contributed by atoms with van der Waals surface area (Å²) in [4.78, 5) is 26.0. The Morgan fingerprint density at radius 1 is 1.35 bits per heavy atom. The molecule has 1 saturated heterocycles. The van der Waals surface area contributed by atoms with Gasteiger partial charge in [-0.25, -0.2) is 9.48 Å². The van der Waals surface area contributed by atoms with Gasteiger partial charge in [-0.3, -0.25) is 4.79 Å². The number of urea groups is 1. The zero-order chi connectivity index (χ0) is 18.7. The minimum Gasteiger partial charge on any atom is -0.489 e. The summed E-state index contributed by atoms with van der Waals surface area (Å²) in [6.45, 7) is 1.07. The number of carbonyl (C=O) groups excluding carboxylic acids is 1. The number of amides is 2. The lowest BCUT2D eigenvalue weighted by Crippen LogP contribution is -2.44. The Labute approximate surface area is 164 Å². The molecule has 1 N–H and O–H groups in total. The molecule has 0 radical (unpaired) electrons. The van der Waals surface area contributed by atoms with Crippen molar-refractivity contribution in [3.05, 3.63) is 50.3 Å². The topological polar surface area (TPSA) is 76.5 Å². The van der Waals surface area contributed by atoms with E-state index in [2.05, 4.69) is 26.3 Å². The Bertz CT molecular complexity index is 865. The monoisotopic (exact) mass is 440 g/mol. The molecule has 2 amide bonds. The maximum Gasteiger partial charge on any atom is 0.321 e. The zero-order valence-electron chi connectivity index (χ0n) is 14.1. The first-order valence-corrected chi connectivity index (χ1v) is 9.31. The number of aromatic nitrogens is 2. The quantitative estimate of drug-likeness (QED) is 0.793. The van der Waals surface area contributed by atoms with E-state index in [1.165, 1.54) is 24.0 Å². The van der Waals surface area contributed by atoms with E-state index in [4.69, 9.17) is 16.3 Å². The Morgan fingerprint density at radius 2 is 2.08 bits per heavy atom. The molecule has 7 nitrogen and oxygen atoms in total. The largest absolute Gasteiger partial charge is 0.489 e. The highest BCUT2D eigenvalue weighted by Gasteiger charge is 2.25. The van der Waals surface area contributed by atoms with Crippen LogP contribution in [0.4, 0.5) is 10.5 Å². The number of nitrogens with one attached hydrogen (secondary N) is 1. The lowest BCUT2D eigenvalue weighted by atomic mass is 10.1. The van der Waals surface area contributed by atoms with Crippen molar-refractivity contribution in [2.24, 2.45) is 7.05 Å². The lowest BCUT2D eigenvalue weighted by molar-refractivity contribution is 0.115. The van der Waals surface area contributed by atoms with Gasteiger partial charge in [0.2, 0.25) is 0 Å². The van der Waals surface area contributed by atoms with Crippen LogP contribution in [-0.2, 0) is 7.05 Å². The lowest BCUT2D eigenvalue weighted by Gasteiger charge is -2.32. The van der Waals surface area contributed by atoms with Gasteiger partial charge in [-0.1, -0.05) is 27.5 Å². The zero-order valence-corrected chi connectivity index (χ0v) is 16.5. The molecular weight excluding hydrogens is 424 g/mol. The molecule has 1 aliphatic rings. The number of halogens is 2. The van der Waals surface area contributed by atoms with E-state index in [1.807, 2.05) is 12.1 Å². The number of carbonyl (C=O) groups is 1. The highest BCUT2D eigenvalue weighted by Crippen LogP contribution is 2.30. The number of nitrogens with zero attached hydrogens (tertiary/aromatic N) is 3. The second kappa shape index (κ2) is 8.09. The Hall–Kier alpha value is -2.06. The van der Waals surface area contributed by atoms with Gasteiger partial charge >= 0.3 is 6.03 Å². The van der Waals surface area contributed by atoms with Gasteiger partial charge in [0.15, 0.2) is 0 Å². The van der Waals surface area contributed by atoms with Gasteiger partial charge in [0, 0.05) is 43.6 Å². The van der Waals surface area contributed by atoms with Crippen LogP contribution in [0.2, 0.25) is 5.02 Å². The third kappa shape index (κ3) is 4.37. The molecule has 1 aromatic carbocycles. The van der Waals surface area contributed by atoms with Crippen molar-refractivity contribution in [1.29, 1.82) is 0 Å². The number of hydrogen-bond acceptors (Lipinski definition) is 4. The van der Waals surface area contributed by atoms with Crippen molar-refractivity contribution in [2.45, 2.75) is 18.9 Å². The van der Waals surface area contributed by atoms with Crippen LogP contribution in [0, 0.1) is 0 Å². The number of anilines is 1. The number of benzene rings is 1. The molecule has 9 heteroatoms.